The zero-order chi connectivity index (χ0) is 14.5. The second-order valence-corrected chi connectivity index (χ2v) is 5.70. The fraction of sp³-hybridized carbons (Fsp3) is 0.583. The largest absolute Gasteiger partial charge is 0.416 e. The van der Waals surface area contributed by atoms with Gasteiger partial charge in [-0.25, -0.2) is 0 Å². The van der Waals surface area contributed by atoms with Gasteiger partial charge in [-0.15, -0.1) is 0 Å². The van der Waals surface area contributed by atoms with Crippen molar-refractivity contribution in [3.8, 4) is 0 Å². The Balaban J connectivity index is 2.92. The molecule has 108 valence electrons. The molecule has 0 bridgehead atoms. The highest BCUT2D eigenvalue weighted by atomic mass is 32.2. The van der Waals surface area contributed by atoms with Crippen molar-refractivity contribution >= 4 is 11.8 Å². The molecule has 3 N–H and O–H groups in total. The van der Waals surface area contributed by atoms with Gasteiger partial charge in [0.25, 0.3) is 0 Å². The molecule has 0 radical (unpaired) electrons. The van der Waals surface area contributed by atoms with Crippen LogP contribution in [0, 0.1) is 0 Å². The van der Waals surface area contributed by atoms with Gasteiger partial charge in [-0.05, 0) is 12.5 Å². The average Bonchev–Trinajstić information content (AvgIpc) is 2.38. The van der Waals surface area contributed by atoms with Gasteiger partial charge in [0, 0.05) is 29.0 Å². The van der Waals surface area contributed by atoms with E-state index >= 15 is 0 Å². The van der Waals surface area contributed by atoms with Gasteiger partial charge in [0.2, 0.25) is 0 Å². The molecule has 1 aromatic rings. The van der Waals surface area contributed by atoms with Crippen LogP contribution in [0.5, 0.6) is 0 Å². The zero-order valence-electron chi connectivity index (χ0n) is 10.9. The van der Waals surface area contributed by atoms with Gasteiger partial charge in [-0.3, -0.25) is 16.3 Å². The molecule has 0 saturated heterocycles. The highest BCUT2D eigenvalue weighted by molar-refractivity contribution is 7.99. The first-order valence-electron chi connectivity index (χ1n) is 5.99. The lowest BCUT2D eigenvalue weighted by Crippen LogP contribution is -2.32. The Morgan fingerprint density at radius 3 is 2.68 bits per heavy atom. The predicted molar refractivity (Wildman–Crippen MR) is 71.5 cm³/mol. The maximum atomic E-state index is 12.9. The van der Waals surface area contributed by atoms with Gasteiger partial charge in [0.1, 0.15) is 0 Å². The summed E-state index contributed by atoms with van der Waals surface area (Å²) in [6, 6.07) is 0.414. The standard InChI is InChI=1S/C12H18F3N3S/c1-3-8(2)19-7-11(18-16)9-6-17-5-4-10(9)12(13,14)15/h4-6,8,11,18H,3,7,16H2,1-2H3. The molecule has 1 rings (SSSR count). The van der Waals surface area contributed by atoms with Crippen LogP contribution in [0.3, 0.4) is 0 Å². The van der Waals surface area contributed by atoms with Crippen molar-refractivity contribution in [2.45, 2.75) is 37.7 Å². The predicted octanol–water partition coefficient (Wildman–Crippen LogP) is 3.14. The van der Waals surface area contributed by atoms with E-state index in [1.807, 2.05) is 13.8 Å². The number of thioether (sulfide) groups is 1. The van der Waals surface area contributed by atoms with E-state index in [-0.39, 0.29) is 5.56 Å². The fourth-order valence-corrected chi connectivity index (χ4v) is 2.58. The Kier molecular flexibility index (Phi) is 6.09. The van der Waals surface area contributed by atoms with Gasteiger partial charge >= 0.3 is 6.18 Å². The smallest absolute Gasteiger partial charge is 0.271 e. The Morgan fingerprint density at radius 1 is 1.47 bits per heavy atom. The maximum Gasteiger partial charge on any atom is 0.416 e. The van der Waals surface area contributed by atoms with Crippen LogP contribution in [0.2, 0.25) is 0 Å². The molecule has 2 unspecified atom stereocenters. The lowest BCUT2D eigenvalue weighted by Gasteiger charge is -2.21. The summed E-state index contributed by atoms with van der Waals surface area (Å²) < 4.78 is 38.7. The second kappa shape index (κ2) is 7.12. The van der Waals surface area contributed by atoms with Crippen LogP contribution in [0.15, 0.2) is 18.5 Å². The first kappa shape index (κ1) is 16.3. The number of halogens is 3. The quantitative estimate of drug-likeness (QED) is 0.625. The average molecular weight is 293 g/mol. The van der Waals surface area contributed by atoms with E-state index in [1.54, 1.807) is 11.8 Å². The van der Waals surface area contributed by atoms with Gasteiger partial charge < -0.3 is 0 Å². The number of alkyl halides is 3. The SMILES string of the molecule is CCC(C)SCC(NN)c1cnccc1C(F)(F)F. The Labute approximate surface area is 115 Å². The molecular weight excluding hydrogens is 275 g/mol. The van der Waals surface area contributed by atoms with Crippen LogP contribution in [0.1, 0.15) is 37.4 Å². The second-order valence-electron chi connectivity index (χ2n) is 4.23. The van der Waals surface area contributed by atoms with Crippen LogP contribution in [0.25, 0.3) is 0 Å². The molecule has 0 saturated carbocycles. The van der Waals surface area contributed by atoms with Crippen molar-refractivity contribution in [2.75, 3.05) is 5.75 Å². The topological polar surface area (TPSA) is 50.9 Å². The van der Waals surface area contributed by atoms with Crippen LogP contribution < -0.4 is 11.3 Å². The van der Waals surface area contributed by atoms with Crippen molar-refractivity contribution in [3.63, 3.8) is 0 Å². The number of hydrazine groups is 1. The van der Waals surface area contributed by atoms with Crippen molar-refractivity contribution in [1.29, 1.82) is 0 Å². The van der Waals surface area contributed by atoms with E-state index in [2.05, 4.69) is 10.4 Å². The lowest BCUT2D eigenvalue weighted by atomic mass is 10.0. The highest BCUT2D eigenvalue weighted by Crippen LogP contribution is 2.35. The zero-order valence-corrected chi connectivity index (χ0v) is 11.7. The number of aromatic nitrogens is 1. The lowest BCUT2D eigenvalue weighted by molar-refractivity contribution is -0.138. The van der Waals surface area contributed by atoms with Gasteiger partial charge in [-0.2, -0.15) is 24.9 Å². The number of pyridine rings is 1. The monoisotopic (exact) mass is 293 g/mol. The fourth-order valence-electron chi connectivity index (χ4n) is 1.55. The first-order valence-corrected chi connectivity index (χ1v) is 7.03. The first-order chi connectivity index (χ1) is 8.90. The van der Waals surface area contributed by atoms with Crippen LogP contribution in [0.4, 0.5) is 13.2 Å². The van der Waals surface area contributed by atoms with E-state index in [4.69, 9.17) is 5.84 Å². The minimum atomic E-state index is -4.39. The summed E-state index contributed by atoms with van der Waals surface area (Å²) in [7, 11) is 0. The molecule has 0 spiro atoms. The van der Waals surface area contributed by atoms with Crippen molar-refractivity contribution in [1.82, 2.24) is 10.4 Å². The van der Waals surface area contributed by atoms with Gasteiger partial charge in [-0.1, -0.05) is 13.8 Å². The summed E-state index contributed by atoms with van der Waals surface area (Å²) >= 11 is 1.59. The molecule has 1 heterocycles. The third kappa shape index (κ3) is 4.67. The number of nitrogens with zero attached hydrogens (tertiary/aromatic N) is 1. The van der Waals surface area contributed by atoms with Crippen molar-refractivity contribution < 1.29 is 13.2 Å². The third-order valence-electron chi connectivity index (χ3n) is 2.86. The maximum absolute atomic E-state index is 12.9. The molecule has 0 fully saturated rings. The highest BCUT2D eigenvalue weighted by Gasteiger charge is 2.35. The number of rotatable bonds is 6. The summed E-state index contributed by atoms with van der Waals surface area (Å²) in [6.45, 7) is 4.07. The summed E-state index contributed by atoms with van der Waals surface area (Å²) in [5.74, 6) is 5.86. The van der Waals surface area contributed by atoms with E-state index in [0.717, 1.165) is 18.7 Å². The normalized spacial score (nSPS) is 15.3. The molecule has 1 aromatic heterocycles. The molecule has 19 heavy (non-hydrogen) atoms. The molecule has 0 aliphatic carbocycles. The molecule has 0 aromatic carbocycles. The molecule has 0 amide bonds. The molecule has 3 nitrogen and oxygen atoms in total. The Bertz CT molecular complexity index is 398. The van der Waals surface area contributed by atoms with Gasteiger partial charge in [0.05, 0.1) is 11.6 Å². The number of hydrogen-bond acceptors (Lipinski definition) is 4. The molecule has 0 aliphatic heterocycles. The van der Waals surface area contributed by atoms with Crippen LogP contribution in [-0.2, 0) is 6.18 Å². The Hall–Kier alpha value is -0.790. The van der Waals surface area contributed by atoms with E-state index in [1.165, 1.54) is 6.20 Å². The van der Waals surface area contributed by atoms with Crippen LogP contribution in [-0.4, -0.2) is 16.0 Å². The minimum Gasteiger partial charge on any atom is -0.271 e. The number of nitrogens with one attached hydrogen (secondary N) is 1. The molecule has 2 atom stereocenters. The van der Waals surface area contributed by atoms with Gasteiger partial charge in [0.15, 0.2) is 0 Å². The summed E-state index contributed by atoms with van der Waals surface area (Å²) in [5, 5.41) is 0.377. The summed E-state index contributed by atoms with van der Waals surface area (Å²) in [5.41, 5.74) is 1.86. The summed E-state index contributed by atoms with van der Waals surface area (Å²) in [6.07, 6.45) is -1.07. The van der Waals surface area contributed by atoms with E-state index in [0.29, 0.717) is 11.0 Å². The minimum absolute atomic E-state index is 0.0910. The van der Waals surface area contributed by atoms with Crippen molar-refractivity contribution in [3.05, 3.63) is 29.6 Å². The Morgan fingerprint density at radius 2 is 2.16 bits per heavy atom. The number of nitrogens with two attached hydrogens (primary N) is 1. The van der Waals surface area contributed by atoms with Crippen LogP contribution >= 0.6 is 11.8 Å². The van der Waals surface area contributed by atoms with Crippen molar-refractivity contribution in [2.24, 2.45) is 5.84 Å². The number of hydrogen-bond donors (Lipinski definition) is 2. The van der Waals surface area contributed by atoms with E-state index < -0.39 is 17.8 Å². The summed E-state index contributed by atoms with van der Waals surface area (Å²) in [4.78, 5) is 3.77. The molecule has 7 heteroatoms. The molecule has 0 aliphatic rings. The molecular formula is C12H18F3N3S. The third-order valence-corrected chi connectivity index (χ3v) is 4.28. The van der Waals surface area contributed by atoms with E-state index in [9.17, 15) is 13.2 Å².